The van der Waals surface area contributed by atoms with Crippen LogP contribution >= 0.6 is 0 Å². The smallest absolute Gasteiger partial charge is 0.255 e. The molecule has 2 aliphatic rings. The Labute approximate surface area is 299 Å². The minimum atomic E-state index is -0.920. The number of hydrogen-bond acceptors (Lipinski definition) is 8. The fourth-order valence-corrected chi connectivity index (χ4v) is 6.09. The number of carbonyl (C=O) groups excluding carboxylic acids is 4. The van der Waals surface area contributed by atoms with Crippen LogP contribution < -0.4 is 15.4 Å². The maximum Gasteiger partial charge on any atom is 0.255 e. The van der Waals surface area contributed by atoms with Crippen molar-refractivity contribution in [1.29, 1.82) is 0 Å². The van der Waals surface area contributed by atoms with Crippen LogP contribution in [0.5, 0.6) is 5.75 Å². The van der Waals surface area contributed by atoms with Gasteiger partial charge in [-0.3, -0.25) is 28.8 Å². The second-order valence-electron chi connectivity index (χ2n) is 13.6. The van der Waals surface area contributed by atoms with E-state index in [9.17, 15) is 23.6 Å². The number of halogens is 1. The van der Waals surface area contributed by atoms with Gasteiger partial charge in [-0.2, -0.15) is 0 Å². The van der Waals surface area contributed by atoms with E-state index in [1.807, 2.05) is 39.1 Å². The van der Waals surface area contributed by atoms with Crippen molar-refractivity contribution in [2.75, 3.05) is 26.7 Å². The molecule has 0 spiro atoms. The number of hydrogen-bond donors (Lipinski definition) is 2. The highest BCUT2D eigenvalue weighted by atomic mass is 19.1. The number of rotatable bonds is 2. The van der Waals surface area contributed by atoms with Crippen molar-refractivity contribution >= 4 is 23.6 Å². The highest BCUT2D eigenvalue weighted by Crippen LogP contribution is 2.24. The van der Waals surface area contributed by atoms with E-state index in [-0.39, 0.29) is 48.1 Å². The Balaban J connectivity index is 0.000000742. The molecule has 276 valence electrons. The number of carbonyl (C=O) groups is 4. The minimum Gasteiger partial charge on any atom is -0.486 e. The molecule has 1 aromatic carbocycles. The van der Waals surface area contributed by atoms with Crippen LogP contribution in [0.25, 0.3) is 0 Å². The van der Waals surface area contributed by atoms with Crippen molar-refractivity contribution < 1.29 is 28.3 Å². The van der Waals surface area contributed by atoms with Crippen molar-refractivity contribution in [1.82, 2.24) is 40.4 Å². The predicted octanol–water partition coefficient (Wildman–Crippen LogP) is 4.06. The fraction of sp³-hybridized carbons (Fsp3) is 0.541. The van der Waals surface area contributed by atoms with Gasteiger partial charge in [-0.15, -0.1) is 5.10 Å². The third-order valence-electron chi connectivity index (χ3n) is 8.73. The van der Waals surface area contributed by atoms with Crippen LogP contribution in [-0.4, -0.2) is 92.2 Å². The predicted molar refractivity (Wildman–Crippen MR) is 189 cm³/mol. The van der Waals surface area contributed by atoms with Gasteiger partial charge in [0.1, 0.15) is 36.0 Å². The number of nitrogens with one attached hydrogen (secondary N) is 2. The number of pyridine rings is 1. The Bertz CT molecular complexity index is 1600. The van der Waals surface area contributed by atoms with Crippen molar-refractivity contribution in [2.24, 2.45) is 5.92 Å². The maximum atomic E-state index is 14.2. The van der Waals surface area contributed by atoms with Crippen LogP contribution in [-0.2, 0) is 27.5 Å². The quantitative estimate of drug-likeness (QED) is 0.405. The lowest BCUT2D eigenvalue weighted by Crippen LogP contribution is -2.54. The number of benzene rings is 1. The normalized spacial score (nSPS) is 20.1. The molecular formula is C37H51FN8O5. The number of fused-ring (bicyclic) bond motifs is 4. The first-order valence-corrected chi connectivity index (χ1v) is 17.8. The molecule has 0 saturated carbocycles. The zero-order chi connectivity index (χ0) is 36.8. The molecule has 14 heteroatoms. The van der Waals surface area contributed by atoms with E-state index < -0.39 is 23.8 Å². The van der Waals surface area contributed by atoms with Gasteiger partial charge >= 0.3 is 0 Å². The molecule has 5 rings (SSSR count). The molecule has 0 aliphatic carbocycles. The van der Waals surface area contributed by atoms with E-state index in [0.717, 1.165) is 44.2 Å². The molecule has 0 radical (unpaired) electrons. The highest BCUT2D eigenvalue weighted by Gasteiger charge is 2.39. The van der Waals surface area contributed by atoms with Gasteiger partial charge in [-0.1, -0.05) is 44.4 Å². The van der Waals surface area contributed by atoms with E-state index in [2.05, 4.69) is 25.9 Å². The number of likely N-dealkylation sites (N-methyl/N-ethyl adjacent to an activating group) is 1. The fourth-order valence-electron chi connectivity index (χ4n) is 6.09. The summed E-state index contributed by atoms with van der Waals surface area (Å²) in [5.74, 6) is -2.02. The summed E-state index contributed by atoms with van der Waals surface area (Å²) in [5.41, 5.74) is 1.82. The summed E-state index contributed by atoms with van der Waals surface area (Å²) in [6.07, 6.45) is 11.5. The van der Waals surface area contributed by atoms with Gasteiger partial charge in [0.15, 0.2) is 0 Å². The Kier molecular flexibility index (Phi) is 14.9. The molecule has 2 atom stereocenters. The molecule has 2 aliphatic heterocycles. The second-order valence-corrected chi connectivity index (χ2v) is 13.6. The van der Waals surface area contributed by atoms with Crippen LogP contribution in [0.2, 0.25) is 0 Å². The van der Waals surface area contributed by atoms with Crippen molar-refractivity contribution in [2.45, 2.75) is 97.4 Å². The lowest BCUT2D eigenvalue weighted by Gasteiger charge is -2.31. The van der Waals surface area contributed by atoms with Gasteiger partial charge in [0.25, 0.3) is 5.91 Å². The first-order valence-electron chi connectivity index (χ1n) is 17.8. The first-order chi connectivity index (χ1) is 24.5. The van der Waals surface area contributed by atoms with E-state index in [4.69, 9.17) is 4.74 Å². The van der Waals surface area contributed by atoms with Crippen LogP contribution in [0.3, 0.4) is 0 Å². The van der Waals surface area contributed by atoms with Crippen LogP contribution in [0.4, 0.5) is 4.39 Å². The maximum absolute atomic E-state index is 14.2. The average Bonchev–Trinajstić information content (AvgIpc) is 3.78. The number of aryl methyl sites for hydroxylation is 2. The number of amides is 4. The van der Waals surface area contributed by atoms with E-state index >= 15 is 0 Å². The summed E-state index contributed by atoms with van der Waals surface area (Å²) in [6, 6.07) is 5.92. The number of nitrogens with zero attached hydrogens (tertiary/aromatic N) is 6. The topological polar surface area (TPSA) is 152 Å². The molecule has 2 aromatic heterocycles. The molecule has 3 aromatic rings. The zero-order valence-corrected chi connectivity index (χ0v) is 30.1. The van der Waals surface area contributed by atoms with Crippen molar-refractivity contribution in [3.05, 3.63) is 71.6 Å². The monoisotopic (exact) mass is 706 g/mol. The van der Waals surface area contributed by atoms with E-state index in [1.54, 1.807) is 24.1 Å². The van der Waals surface area contributed by atoms with Crippen molar-refractivity contribution in [3.8, 4) is 5.75 Å². The van der Waals surface area contributed by atoms with Crippen LogP contribution in [0.1, 0.15) is 86.8 Å². The Morgan fingerprint density at radius 3 is 2.51 bits per heavy atom. The number of ether oxygens (including phenoxy) is 1. The summed E-state index contributed by atoms with van der Waals surface area (Å²) in [5, 5.41) is 14.0. The highest BCUT2D eigenvalue weighted by molar-refractivity contribution is 6.00. The molecule has 4 heterocycles. The molecule has 2 N–H and O–H groups in total. The molecule has 2 bridgehead atoms. The van der Waals surface area contributed by atoms with Gasteiger partial charge in [0.2, 0.25) is 17.7 Å². The van der Waals surface area contributed by atoms with Gasteiger partial charge in [-0.25, -0.2) is 4.39 Å². The summed E-state index contributed by atoms with van der Waals surface area (Å²) < 4.78 is 21.8. The summed E-state index contributed by atoms with van der Waals surface area (Å²) in [4.78, 5) is 60.1. The van der Waals surface area contributed by atoms with Crippen LogP contribution in [0, 0.1) is 18.7 Å². The molecule has 13 nitrogen and oxygen atoms in total. The molecule has 1 saturated heterocycles. The summed E-state index contributed by atoms with van der Waals surface area (Å²) in [7, 11) is 1.57. The largest absolute Gasteiger partial charge is 0.486 e. The van der Waals surface area contributed by atoms with E-state index in [1.165, 1.54) is 21.4 Å². The molecule has 2 unspecified atom stereocenters. The average molecular weight is 707 g/mol. The zero-order valence-electron chi connectivity index (χ0n) is 30.1. The SMILES string of the molecule is CC(C)CC1NC(=O)c2ccc(F)cc2OCc2cn(nn2)CCCCCCCNC(=O)CN(C)C(=O)C2CCCN2C1=O.Cc1cccnc1. The molecular weight excluding hydrogens is 655 g/mol. The first kappa shape index (κ1) is 38.9. The van der Waals surface area contributed by atoms with Gasteiger partial charge < -0.3 is 25.2 Å². The molecule has 1 fully saturated rings. The summed E-state index contributed by atoms with van der Waals surface area (Å²) >= 11 is 0. The lowest BCUT2D eigenvalue weighted by molar-refractivity contribution is -0.145. The van der Waals surface area contributed by atoms with Gasteiger partial charge in [-0.05, 0) is 68.7 Å². The second kappa shape index (κ2) is 19.5. The number of aromatic nitrogens is 4. The Hall–Kier alpha value is -4.88. The van der Waals surface area contributed by atoms with Gasteiger partial charge in [0, 0.05) is 45.1 Å². The third kappa shape index (κ3) is 12.1. The summed E-state index contributed by atoms with van der Waals surface area (Å²) in [6.45, 7) is 7.35. The Morgan fingerprint density at radius 2 is 1.78 bits per heavy atom. The molecule has 4 amide bonds. The third-order valence-corrected chi connectivity index (χ3v) is 8.73. The standard InChI is InChI=1S/C31H44FN7O5.C6H7N/c1-21(2)16-25-30(42)39-15-9-10-26(39)31(43)37(3)19-28(40)33-13-7-5-4-6-8-14-38-18-23(35-36-38)20-44-27-17-22(32)11-12-24(27)29(41)34-25;1-6-3-2-4-7-5-6/h11-12,17-18,21,25-26H,4-10,13-16,19-20H2,1-3H3,(H,33,40)(H,34,41);2-5H,1H3. The molecule has 51 heavy (non-hydrogen) atoms. The van der Waals surface area contributed by atoms with Crippen molar-refractivity contribution in [3.63, 3.8) is 0 Å². The van der Waals surface area contributed by atoms with E-state index in [0.29, 0.717) is 44.6 Å². The lowest BCUT2D eigenvalue weighted by atomic mass is 10.0. The van der Waals surface area contributed by atoms with Crippen LogP contribution in [0.15, 0.2) is 48.9 Å². The minimum absolute atomic E-state index is 0.0190. The van der Waals surface area contributed by atoms with Gasteiger partial charge in [0.05, 0.1) is 18.3 Å². The Morgan fingerprint density at radius 1 is 1.00 bits per heavy atom.